The smallest absolute Gasteiger partial charge is 0.339 e. The van der Waals surface area contributed by atoms with Crippen molar-refractivity contribution in [2.75, 3.05) is 6.61 Å². The summed E-state index contributed by atoms with van der Waals surface area (Å²) in [7, 11) is 0. The molecular weight excluding hydrogens is 458 g/mol. The average molecular weight is 486 g/mol. The topological polar surface area (TPSA) is 103 Å². The van der Waals surface area contributed by atoms with Crippen LogP contribution in [0.5, 0.6) is 0 Å². The number of aryl methyl sites for hydroxylation is 2. The summed E-state index contributed by atoms with van der Waals surface area (Å²) in [5.74, 6) is -0.432. The van der Waals surface area contributed by atoms with Gasteiger partial charge in [-0.15, -0.1) is 0 Å². The van der Waals surface area contributed by atoms with Gasteiger partial charge in [-0.1, -0.05) is 29.8 Å². The Kier molecular flexibility index (Phi) is 6.13. The van der Waals surface area contributed by atoms with Gasteiger partial charge in [-0.3, -0.25) is 4.79 Å². The Morgan fingerprint density at radius 1 is 1.17 bits per heavy atom. The van der Waals surface area contributed by atoms with E-state index in [2.05, 4.69) is 15.2 Å². The number of furan rings is 1. The molecule has 1 unspecified atom stereocenters. The Labute approximate surface area is 208 Å². The molecule has 4 aromatic rings. The third-order valence-corrected chi connectivity index (χ3v) is 6.15. The number of amides is 1. The third kappa shape index (κ3) is 4.39. The van der Waals surface area contributed by atoms with E-state index in [1.807, 2.05) is 51.1 Å². The number of ether oxygens (including phenoxy) is 1. The zero-order valence-corrected chi connectivity index (χ0v) is 20.6. The Hall–Kier alpha value is -4.27. The third-order valence-electron chi connectivity index (χ3n) is 6.15. The summed E-state index contributed by atoms with van der Waals surface area (Å²) in [6.07, 6.45) is 3.66. The number of benzene rings is 1. The summed E-state index contributed by atoms with van der Waals surface area (Å²) in [5, 5.41) is 10.9. The molecule has 9 heteroatoms. The van der Waals surface area contributed by atoms with Crippen LogP contribution in [-0.4, -0.2) is 44.0 Å². The fourth-order valence-corrected chi connectivity index (χ4v) is 4.32. The highest BCUT2D eigenvalue weighted by atomic mass is 16.5. The van der Waals surface area contributed by atoms with Crippen LogP contribution < -0.4 is 0 Å². The van der Waals surface area contributed by atoms with Gasteiger partial charge in [0.25, 0.3) is 5.91 Å². The summed E-state index contributed by atoms with van der Waals surface area (Å²) < 4.78 is 12.8. The second-order valence-corrected chi connectivity index (χ2v) is 9.19. The second kappa shape index (κ2) is 9.41. The summed E-state index contributed by atoms with van der Waals surface area (Å²) in [6.45, 7) is 7.34. The van der Waals surface area contributed by atoms with E-state index in [9.17, 15) is 9.59 Å². The van der Waals surface area contributed by atoms with Gasteiger partial charge in [-0.25, -0.2) is 19.5 Å². The van der Waals surface area contributed by atoms with Crippen molar-refractivity contribution in [1.29, 1.82) is 0 Å². The van der Waals surface area contributed by atoms with E-state index in [-0.39, 0.29) is 6.04 Å². The molecule has 4 heterocycles. The number of carbonyl (C=O) groups excluding carboxylic acids is 2. The summed E-state index contributed by atoms with van der Waals surface area (Å²) in [6, 6.07) is 12.9. The zero-order chi connectivity index (χ0) is 25.4. The average Bonchev–Trinajstić information content (AvgIpc) is 3.61. The number of hydrazone groups is 1. The predicted molar refractivity (Wildman–Crippen MR) is 134 cm³/mol. The SMILES string of the molecule is Cc1ccc(C2=NN(C(=O)COC(=O)c3cc(C)nc4c3cnn4C(C)C)C(c3ccco3)C2)cc1. The van der Waals surface area contributed by atoms with Crippen LogP contribution in [0, 0.1) is 13.8 Å². The Morgan fingerprint density at radius 2 is 1.94 bits per heavy atom. The van der Waals surface area contributed by atoms with Crippen LogP contribution in [0.4, 0.5) is 0 Å². The van der Waals surface area contributed by atoms with E-state index in [0.717, 1.165) is 16.8 Å². The Morgan fingerprint density at radius 3 is 2.64 bits per heavy atom. The monoisotopic (exact) mass is 485 g/mol. The molecule has 0 spiro atoms. The molecule has 1 amide bonds. The molecule has 9 nitrogen and oxygen atoms in total. The molecule has 5 rings (SSSR count). The fourth-order valence-electron chi connectivity index (χ4n) is 4.32. The van der Waals surface area contributed by atoms with Crippen LogP contribution in [0.1, 0.15) is 65.3 Å². The predicted octanol–water partition coefficient (Wildman–Crippen LogP) is 4.76. The van der Waals surface area contributed by atoms with Crippen LogP contribution in [0.25, 0.3) is 11.0 Å². The van der Waals surface area contributed by atoms with Crippen molar-refractivity contribution < 1.29 is 18.7 Å². The molecule has 3 aromatic heterocycles. The van der Waals surface area contributed by atoms with Crippen molar-refractivity contribution in [3.8, 4) is 0 Å². The number of hydrogen-bond donors (Lipinski definition) is 0. The van der Waals surface area contributed by atoms with Crippen molar-refractivity contribution >= 4 is 28.6 Å². The van der Waals surface area contributed by atoms with Crippen molar-refractivity contribution in [1.82, 2.24) is 19.8 Å². The fraction of sp³-hybridized carbons (Fsp3) is 0.296. The maximum absolute atomic E-state index is 13.2. The van der Waals surface area contributed by atoms with E-state index in [1.54, 1.807) is 36.2 Å². The number of esters is 1. The van der Waals surface area contributed by atoms with E-state index >= 15 is 0 Å². The largest absolute Gasteiger partial charge is 0.467 e. The lowest BCUT2D eigenvalue weighted by Crippen LogP contribution is -2.31. The molecule has 0 bridgehead atoms. The van der Waals surface area contributed by atoms with Crippen LogP contribution in [0.15, 0.2) is 64.4 Å². The van der Waals surface area contributed by atoms with Crippen LogP contribution in [0.2, 0.25) is 0 Å². The van der Waals surface area contributed by atoms with Gasteiger partial charge >= 0.3 is 5.97 Å². The standard InChI is InChI=1S/C27H27N5O4/c1-16(2)31-26-21(14-28-31)20(12-18(4)29-26)27(34)36-15-25(33)32-23(24-6-5-11-35-24)13-22(30-32)19-9-7-17(3)8-10-19/h5-12,14,16,23H,13,15H2,1-4H3. The molecule has 184 valence electrons. The minimum absolute atomic E-state index is 0.0801. The van der Waals surface area contributed by atoms with Gasteiger partial charge in [-0.05, 0) is 51.5 Å². The number of pyridine rings is 1. The molecular formula is C27H27N5O4. The first-order chi connectivity index (χ1) is 17.3. The molecule has 0 saturated heterocycles. The first-order valence-corrected chi connectivity index (χ1v) is 11.8. The molecule has 1 aliphatic rings. The number of rotatable bonds is 6. The lowest BCUT2D eigenvalue weighted by atomic mass is 10.0. The molecule has 0 saturated carbocycles. The highest BCUT2D eigenvalue weighted by Crippen LogP contribution is 2.33. The van der Waals surface area contributed by atoms with E-state index in [0.29, 0.717) is 34.5 Å². The first kappa shape index (κ1) is 23.5. The normalized spacial score (nSPS) is 15.5. The number of hydrogen-bond acceptors (Lipinski definition) is 7. The van der Waals surface area contributed by atoms with Gasteiger partial charge in [0, 0.05) is 18.2 Å². The van der Waals surface area contributed by atoms with Gasteiger partial charge in [0.1, 0.15) is 11.8 Å². The number of fused-ring (bicyclic) bond motifs is 1. The van der Waals surface area contributed by atoms with Gasteiger partial charge in [0.2, 0.25) is 0 Å². The van der Waals surface area contributed by atoms with E-state index in [1.165, 1.54) is 5.01 Å². The first-order valence-electron chi connectivity index (χ1n) is 11.8. The lowest BCUT2D eigenvalue weighted by molar-refractivity contribution is -0.136. The van der Waals surface area contributed by atoms with Gasteiger partial charge in [0.05, 0.1) is 29.1 Å². The maximum Gasteiger partial charge on any atom is 0.339 e. The maximum atomic E-state index is 13.2. The molecule has 36 heavy (non-hydrogen) atoms. The Bertz CT molecular complexity index is 1450. The lowest BCUT2D eigenvalue weighted by Gasteiger charge is -2.19. The van der Waals surface area contributed by atoms with Crippen LogP contribution >= 0.6 is 0 Å². The summed E-state index contributed by atoms with van der Waals surface area (Å²) in [5.41, 5.74) is 4.43. The van der Waals surface area contributed by atoms with Crippen LogP contribution in [0.3, 0.4) is 0 Å². The van der Waals surface area contributed by atoms with E-state index < -0.39 is 24.5 Å². The van der Waals surface area contributed by atoms with Crippen molar-refractivity contribution in [3.63, 3.8) is 0 Å². The van der Waals surface area contributed by atoms with Gasteiger partial charge in [-0.2, -0.15) is 10.2 Å². The highest BCUT2D eigenvalue weighted by molar-refractivity contribution is 6.04. The molecule has 0 radical (unpaired) electrons. The minimum atomic E-state index is -0.612. The molecule has 0 fully saturated rings. The highest BCUT2D eigenvalue weighted by Gasteiger charge is 2.35. The van der Waals surface area contributed by atoms with Crippen molar-refractivity contribution in [2.24, 2.45) is 5.10 Å². The molecule has 0 aliphatic carbocycles. The number of aromatic nitrogens is 3. The minimum Gasteiger partial charge on any atom is -0.467 e. The zero-order valence-electron chi connectivity index (χ0n) is 20.6. The van der Waals surface area contributed by atoms with Crippen LogP contribution in [-0.2, 0) is 9.53 Å². The van der Waals surface area contributed by atoms with Crippen molar-refractivity contribution in [3.05, 3.63) is 83.1 Å². The van der Waals surface area contributed by atoms with Crippen molar-refractivity contribution in [2.45, 2.75) is 46.2 Å². The van der Waals surface area contributed by atoms with E-state index in [4.69, 9.17) is 9.15 Å². The van der Waals surface area contributed by atoms with Gasteiger partial charge in [0.15, 0.2) is 12.3 Å². The Balaban J connectivity index is 1.37. The summed E-state index contributed by atoms with van der Waals surface area (Å²) in [4.78, 5) is 30.8. The number of carbonyl (C=O) groups is 2. The molecule has 1 atom stereocenters. The molecule has 1 aliphatic heterocycles. The molecule has 0 N–H and O–H groups in total. The summed E-state index contributed by atoms with van der Waals surface area (Å²) >= 11 is 0. The molecule has 1 aromatic carbocycles. The number of nitrogens with zero attached hydrogens (tertiary/aromatic N) is 5. The van der Waals surface area contributed by atoms with Gasteiger partial charge < -0.3 is 9.15 Å². The second-order valence-electron chi connectivity index (χ2n) is 9.19. The quantitative estimate of drug-likeness (QED) is 0.365.